The van der Waals surface area contributed by atoms with Gasteiger partial charge < -0.3 is 15.5 Å². The number of ether oxygens (including phenoxy) is 1. The van der Waals surface area contributed by atoms with Crippen molar-refractivity contribution in [3.8, 4) is 5.88 Å². The molecule has 90 valence electrons. The first-order valence-corrected chi connectivity index (χ1v) is 5.31. The summed E-state index contributed by atoms with van der Waals surface area (Å²) in [4.78, 5) is 18.9. The molecule has 0 saturated carbocycles. The van der Waals surface area contributed by atoms with E-state index in [1.165, 1.54) is 6.33 Å². The molecule has 3 aromatic heterocycles. The van der Waals surface area contributed by atoms with Gasteiger partial charge in [-0.15, -0.1) is 0 Å². The number of anilines is 1. The predicted molar refractivity (Wildman–Crippen MR) is 64.7 cm³/mol. The summed E-state index contributed by atoms with van der Waals surface area (Å²) in [5.41, 5.74) is 7.71. The maximum absolute atomic E-state index is 5.61. The molecular weight excluding hydrogens is 232 g/mol. The van der Waals surface area contributed by atoms with Gasteiger partial charge in [-0.1, -0.05) is 0 Å². The zero-order valence-corrected chi connectivity index (χ0v) is 9.37. The van der Waals surface area contributed by atoms with Gasteiger partial charge in [0, 0.05) is 12.4 Å². The Morgan fingerprint density at radius 2 is 2.06 bits per heavy atom. The van der Waals surface area contributed by atoms with Crippen molar-refractivity contribution in [3.63, 3.8) is 0 Å². The van der Waals surface area contributed by atoms with E-state index < -0.39 is 0 Å². The van der Waals surface area contributed by atoms with E-state index in [0.29, 0.717) is 23.7 Å². The number of hydrogen-bond acceptors (Lipinski definition) is 6. The van der Waals surface area contributed by atoms with Gasteiger partial charge in [-0.2, -0.15) is 9.97 Å². The Balaban J connectivity index is 1.88. The Hall–Kier alpha value is -2.70. The number of rotatable bonds is 3. The summed E-state index contributed by atoms with van der Waals surface area (Å²) >= 11 is 0. The minimum Gasteiger partial charge on any atom is -0.471 e. The van der Waals surface area contributed by atoms with Crippen LogP contribution in [0.2, 0.25) is 0 Å². The average molecular weight is 242 g/mol. The average Bonchev–Trinajstić information content (AvgIpc) is 2.85. The summed E-state index contributed by atoms with van der Waals surface area (Å²) in [7, 11) is 0. The van der Waals surface area contributed by atoms with Gasteiger partial charge in [0.05, 0.1) is 6.33 Å². The van der Waals surface area contributed by atoms with Crippen molar-refractivity contribution in [2.24, 2.45) is 0 Å². The summed E-state index contributed by atoms with van der Waals surface area (Å²) in [5.74, 6) is 0.533. The molecule has 7 heteroatoms. The van der Waals surface area contributed by atoms with Crippen LogP contribution in [0.25, 0.3) is 11.2 Å². The largest absolute Gasteiger partial charge is 0.471 e. The fourth-order valence-electron chi connectivity index (χ4n) is 1.56. The number of hydrogen-bond donors (Lipinski definition) is 2. The molecule has 3 aromatic rings. The van der Waals surface area contributed by atoms with E-state index in [4.69, 9.17) is 10.5 Å². The van der Waals surface area contributed by atoms with Crippen molar-refractivity contribution in [1.29, 1.82) is 0 Å². The Labute approximate surface area is 102 Å². The summed E-state index contributed by atoms with van der Waals surface area (Å²) in [6.45, 7) is 0.382. The van der Waals surface area contributed by atoms with Crippen LogP contribution in [-0.4, -0.2) is 24.9 Å². The molecule has 3 rings (SSSR count). The molecule has 0 atom stereocenters. The van der Waals surface area contributed by atoms with Crippen LogP contribution in [0, 0.1) is 0 Å². The zero-order chi connectivity index (χ0) is 12.4. The smallest absolute Gasteiger partial charge is 0.245 e. The van der Waals surface area contributed by atoms with Crippen LogP contribution >= 0.6 is 0 Å². The van der Waals surface area contributed by atoms with E-state index in [1.54, 1.807) is 12.4 Å². The standard InChI is InChI=1S/C11H10N6O/c12-11-16-9-8(14-6-15-9)10(17-11)18-5-7-1-3-13-4-2-7/h1-4,6H,5H2,(H3,12,14,15,16,17). The molecule has 0 aliphatic heterocycles. The van der Waals surface area contributed by atoms with Crippen LogP contribution in [0.4, 0.5) is 5.95 Å². The Morgan fingerprint density at radius 1 is 1.22 bits per heavy atom. The van der Waals surface area contributed by atoms with Crippen LogP contribution in [-0.2, 0) is 6.61 Å². The van der Waals surface area contributed by atoms with Crippen LogP contribution < -0.4 is 10.5 Å². The fourth-order valence-corrected chi connectivity index (χ4v) is 1.56. The molecule has 0 spiro atoms. The van der Waals surface area contributed by atoms with E-state index in [0.717, 1.165) is 5.56 Å². The zero-order valence-electron chi connectivity index (χ0n) is 9.37. The third-order valence-electron chi connectivity index (χ3n) is 2.39. The Bertz CT molecular complexity index is 666. The molecule has 3 N–H and O–H groups in total. The number of H-pyrrole nitrogens is 1. The highest BCUT2D eigenvalue weighted by molar-refractivity contribution is 5.76. The van der Waals surface area contributed by atoms with Crippen molar-refractivity contribution < 1.29 is 4.74 Å². The molecule has 0 fully saturated rings. The second kappa shape index (κ2) is 4.28. The lowest BCUT2D eigenvalue weighted by Crippen LogP contribution is -2.02. The quantitative estimate of drug-likeness (QED) is 0.707. The van der Waals surface area contributed by atoms with Crippen molar-refractivity contribution in [2.75, 3.05) is 5.73 Å². The van der Waals surface area contributed by atoms with E-state index >= 15 is 0 Å². The SMILES string of the molecule is Nc1nc(OCc2ccncc2)c2[nH]cnc2n1. The van der Waals surface area contributed by atoms with Crippen molar-refractivity contribution in [2.45, 2.75) is 6.61 Å². The molecule has 0 saturated heterocycles. The van der Waals surface area contributed by atoms with Crippen LogP contribution in [0.15, 0.2) is 30.9 Å². The van der Waals surface area contributed by atoms with Gasteiger partial charge in [-0.25, -0.2) is 4.98 Å². The maximum atomic E-state index is 5.61. The number of pyridine rings is 1. The molecule has 18 heavy (non-hydrogen) atoms. The highest BCUT2D eigenvalue weighted by Gasteiger charge is 2.09. The first kappa shape index (κ1) is 10.5. The van der Waals surface area contributed by atoms with Gasteiger partial charge in [0.15, 0.2) is 5.65 Å². The minimum atomic E-state index is 0.138. The number of nitrogens with two attached hydrogens (primary N) is 1. The summed E-state index contributed by atoms with van der Waals surface area (Å²) in [5, 5.41) is 0. The van der Waals surface area contributed by atoms with Crippen molar-refractivity contribution in [3.05, 3.63) is 36.4 Å². The third kappa shape index (κ3) is 1.93. The van der Waals surface area contributed by atoms with Crippen LogP contribution in [0.1, 0.15) is 5.56 Å². The summed E-state index contributed by atoms with van der Waals surface area (Å²) in [6.07, 6.45) is 4.94. The van der Waals surface area contributed by atoms with E-state index in [2.05, 4.69) is 24.9 Å². The molecule has 0 bridgehead atoms. The molecule has 3 heterocycles. The third-order valence-corrected chi connectivity index (χ3v) is 2.39. The van der Waals surface area contributed by atoms with Gasteiger partial charge in [0.25, 0.3) is 0 Å². The van der Waals surface area contributed by atoms with Crippen LogP contribution in [0.5, 0.6) is 5.88 Å². The molecule has 0 unspecified atom stereocenters. The number of imidazole rings is 1. The van der Waals surface area contributed by atoms with Crippen molar-refractivity contribution in [1.82, 2.24) is 24.9 Å². The lowest BCUT2D eigenvalue weighted by Gasteiger charge is -2.06. The Kier molecular flexibility index (Phi) is 2.49. The second-order valence-electron chi connectivity index (χ2n) is 3.63. The fraction of sp³-hybridized carbons (Fsp3) is 0.0909. The normalized spacial score (nSPS) is 10.7. The predicted octanol–water partition coefficient (Wildman–Crippen LogP) is 0.909. The first-order chi connectivity index (χ1) is 8.83. The summed E-state index contributed by atoms with van der Waals surface area (Å²) in [6, 6.07) is 3.74. The van der Waals surface area contributed by atoms with Gasteiger partial charge in [-0.05, 0) is 17.7 Å². The Morgan fingerprint density at radius 3 is 2.89 bits per heavy atom. The van der Waals surface area contributed by atoms with E-state index in [1.807, 2.05) is 12.1 Å². The van der Waals surface area contributed by atoms with E-state index in [9.17, 15) is 0 Å². The molecule has 0 amide bonds. The first-order valence-electron chi connectivity index (χ1n) is 5.31. The van der Waals surface area contributed by atoms with E-state index in [-0.39, 0.29) is 5.95 Å². The lowest BCUT2D eigenvalue weighted by atomic mass is 10.3. The van der Waals surface area contributed by atoms with Crippen molar-refractivity contribution >= 4 is 17.1 Å². The number of aromatic nitrogens is 5. The molecule has 0 radical (unpaired) electrons. The molecule has 0 aliphatic carbocycles. The highest BCUT2D eigenvalue weighted by Crippen LogP contribution is 2.20. The topological polar surface area (TPSA) is 103 Å². The van der Waals surface area contributed by atoms with Crippen LogP contribution in [0.3, 0.4) is 0 Å². The molecule has 7 nitrogen and oxygen atoms in total. The minimum absolute atomic E-state index is 0.138. The second-order valence-corrected chi connectivity index (χ2v) is 3.63. The highest BCUT2D eigenvalue weighted by atomic mass is 16.5. The number of aromatic amines is 1. The maximum Gasteiger partial charge on any atom is 0.245 e. The number of nitrogens with one attached hydrogen (secondary N) is 1. The molecule has 0 aromatic carbocycles. The number of fused-ring (bicyclic) bond motifs is 1. The van der Waals surface area contributed by atoms with Gasteiger partial charge >= 0.3 is 0 Å². The number of nitrogen functional groups attached to an aromatic ring is 1. The van der Waals surface area contributed by atoms with Gasteiger partial charge in [0.1, 0.15) is 12.1 Å². The molecular formula is C11H10N6O. The monoisotopic (exact) mass is 242 g/mol. The lowest BCUT2D eigenvalue weighted by molar-refractivity contribution is 0.297. The summed E-state index contributed by atoms with van der Waals surface area (Å²) < 4.78 is 5.61. The van der Waals surface area contributed by atoms with Gasteiger partial charge in [-0.3, -0.25) is 4.98 Å². The number of nitrogens with zero attached hydrogens (tertiary/aromatic N) is 4. The van der Waals surface area contributed by atoms with Gasteiger partial charge in [0.2, 0.25) is 11.8 Å². The molecule has 0 aliphatic rings.